The van der Waals surface area contributed by atoms with E-state index in [4.69, 9.17) is 0 Å². The van der Waals surface area contributed by atoms with E-state index in [-0.39, 0.29) is 17.3 Å². The molecule has 0 aliphatic heterocycles. The predicted octanol–water partition coefficient (Wildman–Crippen LogP) is 1.69. The lowest BCUT2D eigenvalue weighted by atomic mass is 10.2. The van der Waals surface area contributed by atoms with Gasteiger partial charge in [-0.25, -0.2) is 18.1 Å². The number of nitrogens with zero attached hydrogens (tertiary/aromatic N) is 3. The zero-order chi connectivity index (χ0) is 19.6. The van der Waals surface area contributed by atoms with Crippen molar-refractivity contribution in [1.82, 2.24) is 24.8 Å². The summed E-state index contributed by atoms with van der Waals surface area (Å²) in [5.74, 6) is -0.248. The Morgan fingerprint density at radius 2 is 2.11 bits per heavy atom. The Bertz CT molecular complexity index is 1090. The van der Waals surface area contributed by atoms with Gasteiger partial charge in [0, 0.05) is 25.4 Å². The lowest BCUT2D eigenvalue weighted by Crippen LogP contribution is -2.23. The van der Waals surface area contributed by atoms with Gasteiger partial charge in [-0.3, -0.25) is 9.48 Å². The third-order valence-electron chi connectivity index (χ3n) is 3.89. The first-order chi connectivity index (χ1) is 12.8. The van der Waals surface area contributed by atoms with Crippen LogP contribution in [-0.4, -0.2) is 36.1 Å². The Kier molecular flexibility index (Phi) is 5.40. The molecule has 3 aromatic rings. The fourth-order valence-electron chi connectivity index (χ4n) is 2.47. The van der Waals surface area contributed by atoms with E-state index >= 15 is 0 Å². The molecule has 10 heteroatoms. The summed E-state index contributed by atoms with van der Waals surface area (Å²) in [4.78, 5) is 17.7. The molecule has 0 saturated carbocycles. The second-order valence-corrected chi connectivity index (χ2v) is 8.76. The van der Waals surface area contributed by atoms with Gasteiger partial charge in [0.25, 0.3) is 5.91 Å². The van der Waals surface area contributed by atoms with Crippen LogP contribution in [0.2, 0.25) is 0 Å². The van der Waals surface area contributed by atoms with Gasteiger partial charge >= 0.3 is 0 Å². The summed E-state index contributed by atoms with van der Waals surface area (Å²) in [6.45, 7) is 2.00. The molecule has 0 saturated heterocycles. The van der Waals surface area contributed by atoms with Crippen LogP contribution in [0.25, 0.3) is 10.6 Å². The fourth-order valence-corrected chi connectivity index (χ4v) is 4.22. The van der Waals surface area contributed by atoms with Crippen LogP contribution in [0, 0.1) is 6.92 Å². The molecule has 0 radical (unpaired) electrons. The highest BCUT2D eigenvalue weighted by molar-refractivity contribution is 7.89. The average Bonchev–Trinajstić information content (AvgIpc) is 3.25. The molecule has 2 N–H and O–H groups in total. The van der Waals surface area contributed by atoms with Crippen LogP contribution in [0.1, 0.15) is 20.9 Å². The van der Waals surface area contributed by atoms with E-state index in [1.807, 2.05) is 13.2 Å². The van der Waals surface area contributed by atoms with Crippen LogP contribution in [0.15, 0.2) is 41.6 Å². The topological polar surface area (TPSA) is 106 Å². The summed E-state index contributed by atoms with van der Waals surface area (Å²) in [5, 5.41) is 7.66. The van der Waals surface area contributed by atoms with E-state index < -0.39 is 10.0 Å². The highest BCUT2D eigenvalue weighted by Gasteiger charge is 2.17. The van der Waals surface area contributed by atoms with Crippen molar-refractivity contribution in [2.75, 3.05) is 7.05 Å². The molecule has 142 valence electrons. The maximum atomic E-state index is 12.5. The van der Waals surface area contributed by atoms with Crippen molar-refractivity contribution >= 4 is 27.3 Å². The highest BCUT2D eigenvalue weighted by Crippen LogP contribution is 2.27. The third kappa shape index (κ3) is 4.24. The molecular weight excluding hydrogens is 386 g/mol. The van der Waals surface area contributed by atoms with Crippen molar-refractivity contribution in [3.63, 3.8) is 0 Å². The minimum Gasteiger partial charge on any atom is -0.347 e. The van der Waals surface area contributed by atoms with E-state index in [9.17, 15) is 13.2 Å². The van der Waals surface area contributed by atoms with Crippen LogP contribution in [0.4, 0.5) is 0 Å². The Balaban J connectivity index is 1.73. The van der Waals surface area contributed by atoms with Crippen LogP contribution >= 0.6 is 11.3 Å². The standard InChI is InChI=1S/C17H19N5O3S2/c1-11-15(26-17(21-11)13-9-20-22(3)10-13)16(23)19-8-12-5-4-6-14(7-12)27(24,25)18-2/h4-7,9-10,18H,8H2,1-3H3,(H,19,23). The second-order valence-electron chi connectivity index (χ2n) is 5.87. The van der Waals surface area contributed by atoms with Crippen molar-refractivity contribution < 1.29 is 13.2 Å². The SMILES string of the molecule is CNS(=O)(=O)c1cccc(CNC(=O)c2sc(-c3cnn(C)c3)nc2C)c1. The normalized spacial score (nSPS) is 11.5. The maximum Gasteiger partial charge on any atom is 0.263 e. The van der Waals surface area contributed by atoms with Crippen LogP contribution in [-0.2, 0) is 23.6 Å². The van der Waals surface area contributed by atoms with Gasteiger partial charge in [0.05, 0.1) is 16.8 Å². The molecule has 8 nitrogen and oxygen atoms in total. The predicted molar refractivity (Wildman–Crippen MR) is 103 cm³/mol. The van der Waals surface area contributed by atoms with Gasteiger partial charge in [-0.2, -0.15) is 5.10 Å². The van der Waals surface area contributed by atoms with Crippen molar-refractivity contribution in [2.45, 2.75) is 18.4 Å². The first-order valence-electron chi connectivity index (χ1n) is 8.07. The molecule has 0 bridgehead atoms. The minimum atomic E-state index is -3.52. The number of benzene rings is 1. The smallest absolute Gasteiger partial charge is 0.263 e. The lowest BCUT2D eigenvalue weighted by Gasteiger charge is -2.07. The van der Waals surface area contributed by atoms with Gasteiger partial charge in [0.1, 0.15) is 9.88 Å². The van der Waals surface area contributed by atoms with Crippen LogP contribution < -0.4 is 10.0 Å². The molecule has 0 atom stereocenters. The van der Waals surface area contributed by atoms with Crippen molar-refractivity contribution in [3.8, 4) is 10.6 Å². The highest BCUT2D eigenvalue weighted by atomic mass is 32.2. The summed E-state index contributed by atoms with van der Waals surface area (Å²) in [7, 11) is -0.345. The van der Waals surface area contributed by atoms with Crippen molar-refractivity contribution in [1.29, 1.82) is 0 Å². The van der Waals surface area contributed by atoms with Gasteiger partial charge in [-0.15, -0.1) is 11.3 Å². The van der Waals surface area contributed by atoms with E-state index in [0.717, 1.165) is 10.6 Å². The van der Waals surface area contributed by atoms with Gasteiger partial charge in [0.15, 0.2) is 0 Å². The number of hydrogen-bond donors (Lipinski definition) is 2. The monoisotopic (exact) mass is 405 g/mol. The first-order valence-corrected chi connectivity index (χ1v) is 10.4. The number of sulfonamides is 1. The number of aryl methyl sites for hydroxylation is 2. The quantitative estimate of drug-likeness (QED) is 0.649. The van der Waals surface area contributed by atoms with Gasteiger partial charge in [-0.1, -0.05) is 12.1 Å². The van der Waals surface area contributed by atoms with E-state index in [0.29, 0.717) is 16.1 Å². The molecule has 0 unspecified atom stereocenters. The Hall–Kier alpha value is -2.56. The number of carbonyl (C=O) groups excluding carboxylic acids is 1. The first kappa shape index (κ1) is 19.2. The van der Waals surface area contributed by atoms with Gasteiger partial charge < -0.3 is 5.32 Å². The minimum absolute atomic E-state index is 0.157. The summed E-state index contributed by atoms with van der Waals surface area (Å²) in [5.41, 5.74) is 2.19. The molecule has 27 heavy (non-hydrogen) atoms. The Labute approximate surface area is 161 Å². The molecule has 2 aromatic heterocycles. The molecule has 2 heterocycles. The lowest BCUT2D eigenvalue weighted by molar-refractivity contribution is 0.0954. The van der Waals surface area contributed by atoms with E-state index in [1.165, 1.54) is 30.5 Å². The van der Waals surface area contributed by atoms with E-state index in [2.05, 4.69) is 20.1 Å². The van der Waals surface area contributed by atoms with Gasteiger partial charge in [0.2, 0.25) is 10.0 Å². The van der Waals surface area contributed by atoms with Crippen molar-refractivity contribution in [3.05, 3.63) is 52.8 Å². The number of rotatable bonds is 6. The number of hydrogen-bond acceptors (Lipinski definition) is 6. The molecular formula is C17H19N5O3S2. The average molecular weight is 406 g/mol. The largest absolute Gasteiger partial charge is 0.347 e. The number of amides is 1. The Morgan fingerprint density at radius 1 is 1.33 bits per heavy atom. The molecule has 0 aliphatic carbocycles. The summed E-state index contributed by atoms with van der Waals surface area (Å²) in [6, 6.07) is 6.44. The van der Waals surface area contributed by atoms with Crippen LogP contribution in [0.3, 0.4) is 0 Å². The van der Waals surface area contributed by atoms with Crippen LogP contribution in [0.5, 0.6) is 0 Å². The summed E-state index contributed by atoms with van der Waals surface area (Å²) >= 11 is 1.30. The fraction of sp³-hybridized carbons (Fsp3) is 0.235. The zero-order valence-electron chi connectivity index (χ0n) is 15.1. The number of nitrogens with one attached hydrogen (secondary N) is 2. The molecule has 0 fully saturated rings. The number of aromatic nitrogens is 3. The van der Waals surface area contributed by atoms with Crippen molar-refractivity contribution in [2.24, 2.45) is 7.05 Å². The molecule has 1 aromatic carbocycles. The Morgan fingerprint density at radius 3 is 2.78 bits per heavy atom. The molecule has 0 aliphatic rings. The second kappa shape index (κ2) is 7.59. The molecule has 3 rings (SSSR count). The number of carbonyl (C=O) groups is 1. The maximum absolute atomic E-state index is 12.5. The summed E-state index contributed by atoms with van der Waals surface area (Å²) < 4.78 is 27.7. The molecule has 0 spiro atoms. The zero-order valence-corrected chi connectivity index (χ0v) is 16.7. The van der Waals surface area contributed by atoms with E-state index in [1.54, 1.807) is 29.9 Å². The summed E-state index contributed by atoms with van der Waals surface area (Å²) in [6.07, 6.45) is 3.54. The van der Waals surface area contributed by atoms with Gasteiger partial charge in [-0.05, 0) is 31.7 Å². The number of thiazole rings is 1. The molecule has 1 amide bonds. The third-order valence-corrected chi connectivity index (χ3v) is 6.50.